The number of carbonyl (C=O) groups is 1. The SMILES string of the molecule is Cc1nc2cc(OCC(O)CN3CCN(CC(=O)NC4CC5CC(C4C)C5(C)C)CC3)ccc2s1. The zero-order valence-corrected chi connectivity index (χ0v) is 22.3. The average molecular weight is 501 g/mol. The number of piperazine rings is 1. The van der Waals surface area contributed by atoms with Crippen LogP contribution in [-0.4, -0.2) is 83.8 Å². The molecule has 2 aromatic rings. The Morgan fingerprint density at radius 2 is 2.00 bits per heavy atom. The number of aliphatic hydroxyl groups excluding tert-OH is 1. The van der Waals surface area contributed by atoms with Gasteiger partial charge in [0.2, 0.25) is 5.91 Å². The lowest BCUT2D eigenvalue weighted by molar-refractivity contribution is -0.135. The number of hydrogen-bond acceptors (Lipinski definition) is 7. The topological polar surface area (TPSA) is 77.9 Å². The highest BCUT2D eigenvalue weighted by Gasteiger charge is 2.56. The number of aliphatic hydroxyl groups is 1. The van der Waals surface area contributed by atoms with Crippen LogP contribution in [0.25, 0.3) is 10.2 Å². The van der Waals surface area contributed by atoms with Gasteiger partial charge in [0.05, 0.1) is 21.8 Å². The fraction of sp³-hybridized carbons (Fsp3) is 0.704. The van der Waals surface area contributed by atoms with Gasteiger partial charge in [-0.1, -0.05) is 20.8 Å². The molecule has 2 bridgehead atoms. The lowest BCUT2D eigenvalue weighted by Gasteiger charge is -2.62. The zero-order valence-electron chi connectivity index (χ0n) is 21.5. The molecule has 2 N–H and O–H groups in total. The minimum Gasteiger partial charge on any atom is -0.491 e. The molecular formula is C27H40N4O3S. The molecule has 0 radical (unpaired) electrons. The molecule has 6 rings (SSSR count). The van der Waals surface area contributed by atoms with Gasteiger partial charge in [0, 0.05) is 44.8 Å². The van der Waals surface area contributed by atoms with Crippen molar-refractivity contribution in [2.24, 2.45) is 23.2 Å². The molecule has 8 heteroatoms. The van der Waals surface area contributed by atoms with Crippen LogP contribution < -0.4 is 10.1 Å². The van der Waals surface area contributed by atoms with E-state index in [0.717, 1.165) is 65.4 Å². The maximum Gasteiger partial charge on any atom is 0.234 e. The van der Waals surface area contributed by atoms with Gasteiger partial charge in [0.1, 0.15) is 18.5 Å². The van der Waals surface area contributed by atoms with E-state index in [1.165, 1.54) is 6.42 Å². The van der Waals surface area contributed by atoms with Crippen molar-refractivity contribution in [2.45, 2.75) is 52.7 Å². The van der Waals surface area contributed by atoms with Crippen LogP contribution in [0.5, 0.6) is 5.75 Å². The first-order chi connectivity index (χ1) is 16.7. The summed E-state index contributed by atoms with van der Waals surface area (Å²) in [6.07, 6.45) is 1.91. The minimum atomic E-state index is -0.554. The fourth-order valence-electron chi connectivity index (χ4n) is 6.58. The first kappa shape index (κ1) is 24.9. The summed E-state index contributed by atoms with van der Waals surface area (Å²) < 4.78 is 6.98. The van der Waals surface area contributed by atoms with Gasteiger partial charge in [0.25, 0.3) is 0 Å². The van der Waals surface area contributed by atoms with Crippen LogP contribution in [0.15, 0.2) is 18.2 Å². The van der Waals surface area contributed by atoms with Crippen LogP contribution in [-0.2, 0) is 4.79 Å². The molecule has 1 aliphatic heterocycles. The van der Waals surface area contributed by atoms with Gasteiger partial charge in [-0.05, 0) is 55.1 Å². The Bertz CT molecular complexity index is 1050. The molecule has 1 saturated heterocycles. The van der Waals surface area contributed by atoms with Gasteiger partial charge >= 0.3 is 0 Å². The number of ether oxygens (including phenoxy) is 1. The Hall–Kier alpha value is -1.74. The van der Waals surface area contributed by atoms with Crippen LogP contribution in [0, 0.1) is 30.1 Å². The maximum atomic E-state index is 12.7. The van der Waals surface area contributed by atoms with E-state index in [2.05, 4.69) is 40.9 Å². The summed E-state index contributed by atoms with van der Waals surface area (Å²) >= 11 is 1.67. The third-order valence-corrected chi connectivity index (χ3v) is 9.86. The molecule has 3 saturated carbocycles. The smallest absolute Gasteiger partial charge is 0.234 e. The number of fused-ring (bicyclic) bond motifs is 3. The first-order valence-corrected chi connectivity index (χ1v) is 13.9. The molecule has 192 valence electrons. The number of β-amino-alcohol motifs (C(OH)–C–C–N with tert-alkyl or cyclic N) is 1. The second-order valence-electron chi connectivity index (χ2n) is 11.5. The Balaban J connectivity index is 1.00. The molecule has 35 heavy (non-hydrogen) atoms. The molecule has 2 heterocycles. The number of hydrogen-bond donors (Lipinski definition) is 2. The average Bonchev–Trinajstić information content (AvgIpc) is 3.19. The monoisotopic (exact) mass is 500 g/mol. The molecule has 5 atom stereocenters. The highest BCUT2D eigenvalue weighted by atomic mass is 32.1. The molecule has 4 fully saturated rings. The van der Waals surface area contributed by atoms with Gasteiger partial charge < -0.3 is 15.2 Å². The third kappa shape index (κ3) is 5.36. The normalized spacial score (nSPS) is 29.5. The van der Waals surface area contributed by atoms with Crippen molar-refractivity contribution in [2.75, 3.05) is 45.9 Å². The van der Waals surface area contributed by atoms with E-state index in [9.17, 15) is 9.90 Å². The largest absolute Gasteiger partial charge is 0.491 e. The van der Waals surface area contributed by atoms with Crippen molar-refractivity contribution < 1.29 is 14.6 Å². The van der Waals surface area contributed by atoms with E-state index < -0.39 is 6.10 Å². The molecule has 5 unspecified atom stereocenters. The fourth-order valence-corrected chi connectivity index (χ4v) is 7.39. The van der Waals surface area contributed by atoms with Crippen LogP contribution >= 0.6 is 11.3 Å². The maximum absolute atomic E-state index is 12.7. The van der Waals surface area contributed by atoms with Crippen LogP contribution in [0.4, 0.5) is 0 Å². The zero-order chi connectivity index (χ0) is 24.7. The van der Waals surface area contributed by atoms with Crippen molar-refractivity contribution in [3.8, 4) is 5.75 Å². The molecule has 3 aliphatic carbocycles. The van der Waals surface area contributed by atoms with Crippen molar-refractivity contribution in [3.05, 3.63) is 23.2 Å². The summed E-state index contributed by atoms with van der Waals surface area (Å²) in [5, 5.41) is 14.9. The molecule has 1 aromatic carbocycles. The number of amides is 1. The van der Waals surface area contributed by atoms with E-state index in [0.29, 0.717) is 30.5 Å². The van der Waals surface area contributed by atoms with Crippen LogP contribution in [0.2, 0.25) is 0 Å². The highest BCUT2D eigenvalue weighted by Crippen LogP contribution is 2.61. The number of thiazole rings is 1. The van der Waals surface area contributed by atoms with E-state index in [4.69, 9.17) is 4.74 Å². The predicted molar refractivity (Wildman–Crippen MR) is 140 cm³/mol. The molecular weight excluding hydrogens is 460 g/mol. The number of nitrogens with zero attached hydrogens (tertiary/aromatic N) is 3. The number of rotatable bonds is 8. The van der Waals surface area contributed by atoms with E-state index in [1.807, 2.05) is 25.1 Å². The van der Waals surface area contributed by atoms with Gasteiger partial charge in [-0.15, -0.1) is 11.3 Å². The van der Waals surface area contributed by atoms with E-state index >= 15 is 0 Å². The van der Waals surface area contributed by atoms with Crippen molar-refractivity contribution in [1.82, 2.24) is 20.1 Å². The summed E-state index contributed by atoms with van der Waals surface area (Å²) in [4.78, 5) is 21.7. The summed E-state index contributed by atoms with van der Waals surface area (Å²) in [5.74, 6) is 2.96. The van der Waals surface area contributed by atoms with Crippen LogP contribution in [0.1, 0.15) is 38.6 Å². The number of aryl methyl sites for hydroxylation is 1. The minimum absolute atomic E-state index is 0.162. The quantitative estimate of drug-likeness (QED) is 0.580. The molecule has 1 amide bonds. The third-order valence-electron chi connectivity index (χ3n) is 8.91. The van der Waals surface area contributed by atoms with Gasteiger partial charge in [-0.3, -0.25) is 14.6 Å². The van der Waals surface area contributed by atoms with Crippen LogP contribution in [0.3, 0.4) is 0 Å². The summed E-state index contributed by atoms with van der Waals surface area (Å²) in [6, 6.07) is 6.23. The molecule has 1 aromatic heterocycles. The van der Waals surface area contributed by atoms with Gasteiger partial charge in [-0.25, -0.2) is 4.98 Å². The Morgan fingerprint density at radius 3 is 2.71 bits per heavy atom. The molecule has 7 nitrogen and oxygen atoms in total. The van der Waals surface area contributed by atoms with Gasteiger partial charge in [-0.2, -0.15) is 0 Å². The van der Waals surface area contributed by atoms with Gasteiger partial charge in [0.15, 0.2) is 0 Å². The van der Waals surface area contributed by atoms with Crippen molar-refractivity contribution in [1.29, 1.82) is 0 Å². The first-order valence-electron chi connectivity index (χ1n) is 13.1. The standard InChI is InChI=1S/C27H40N4O3S/c1-17-22-11-19(27(22,3)4)12-23(17)29-26(33)15-31-9-7-30(8-10-31)14-20(32)16-34-21-5-6-25-24(13-21)28-18(2)35-25/h5-6,13,17,19-20,22-23,32H,7-12,14-16H2,1-4H3,(H,29,33). The number of carbonyl (C=O) groups excluding carboxylic acids is 1. The summed E-state index contributed by atoms with van der Waals surface area (Å²) in [7, 11) is 0. The number of benzene rings is 1. The molecule has 4 aliphatic rings. The summed E-state index contributed by atoms with van der Waals surface area (Å²) in [6.45, 7) is 13.8. The number of aromatic nitrogens is 1. The van der Waals surface area contributed by atoms with Crippen molar-refractivity contribution >= 4 is 27.5 Å². The second kappa shape index (κ2) is 9.96. The summed E-state index contributed by atoms with van der Waals surface area (Å²) in [5.41, 5.74) is 1.39. The highest BCUT2D eigenvalue weighted by molar-refractivity contribution is 7.18. The Labute approximate surface area is 212 Å². The predicted octanol–water partition coefficient (Wildman–Crippen LogP) is 3.15. The lowest BCUT2D eigenvalue weighted by atomic mass is 9.45. The van der Waals surface area contributed by atoms with Crippen molar-refractivity contribution in [3.63, 3.8) is 0 Å². The number of nitrogens with one attached hydrogen (secondary N) is 1. The lowest BCUT2D eigenvalue weighted by Crippen LogP contribution is -2.61. The second-order valence-corrected chi connectivity index (χ2v) is 12.8. The van der Waals surface area contributed by atoms with E-state index in [1.54, 1.807) is 11.3 Å². The Kier molecular flexibility index (Phi) is 7.09. The Morgan fingerprint density at radius 1 is 1.26 bits per heavy atom. The molecule has 0 spiro atoms. The van der Waals surface area contributed by atoms with E-state index in [-0.39, 0.29) is 12.5 Å².